The van der Waals surface area contributed by atoms with E-state index in [2.05, 4.69) is 17.1 Å². The minimum atomic E-state index is -0.282. The first-order chi connectivity index (χ1) is 10.5. The third kappa shape index (κ3) is 4.27. The van der Waals surface area contributed by atoms with Gasteiger partial charge in [0, 0.05) is 6.04 Å². The summed E-state index contributed by atoms with van der Waals surface area (Å²) in [6.07, 6.45) is 2.15. The summed E-state index contributed by atoms with van der Waals surface area (Å²) in [7, 11) is 0. The van der Waals surface area contributed by atoms with Gasteiger partial charge in [0.2, 0.25) is 5.91 Å². The van der Waals surface area contributed by atoms with Crippen LogP contribution in [0.25, 0.3) is 0 Å². The van der Waals surface area contributed by atoms with Crippen molar-refractivity contribution in [3.05, 3.63) is 35.6 Å². The quantitative estimate of drug-likeness (QED) is 0.876. The third-order valence-electron chi connectivity index (χ3n) is 4.51. The maximum Gasteiger partial charge on any atom is 0.234 e. The van der Waals surface area contributed by atoms with Crippen molar-refractivity contribution in [2.24, 2.45) is 5.92 Å². The van der Waals surface area contributed by atoms with E-state index in [1.165, 1.54) is 12.1 Å². The van der Waals surface area contributed by atoms with E-state index in [4.69, 9.17) is 0 Å². The molecule has 3 unspecified atom stereocenters. The molecule has 5 heteroatoms. The number of hydrogen-bond donors (Lipinski definition) is 2. The highest BCUT2D eigenvalue weighted by Gasteiger charge is 2.29. The molecule has 1 aromatic carbocycles. The zero-order chi connectivity index (χ0) is 16.1. The number of carbonyl (C=O) groups is 1. The number of rotatable bonds is 5. The monoisotopic (exact) mass is 308 g/mol. The summed E-state index contributed by atoms with van der Waals surface area (Å²) in [4.78, 5) is 14.3. The molecule has 22 heavy (non-hydrogen) atoms. The third-order valence-corrected chi connectivity index (χ3v) is 4.51. The summed E-state index contributed by atoms with van der Waals surface area (Å²) in [5, 5.41) is 12.5. The number of amides is 1. The number of carbonyl (C=O) groups excluding carboxylic acids is 1. The lowest BCUT2D eigenvalue weighted by molar-refractivity contribution is -0.124. The lowest BCUT2D eigenvalue weighted by Gasteiger charge is -2.38. The van der Waals surface area contributed by atoms with E-state index in [-0.39, 0.29) is 30.4 Å². The SMILES string of the molecule is CC(NC(=O)CN1CCCC(C)C1CO)c1ccc(F)cc1. The van der Waals surface area contributed by atoms with Crippen molar-refractivity contribution in [1.82, 2.24) is 10.2 Å². The molecule has 2 N–H and O–H groups in total. The van der Waals surface area contributed by atoms with Gasteiger partial charge in [-0.05, 0) is 49.9 Å². The highest BCUT2D eigenvalue weighted by molar-refractivity contribution is 5.78. The van der Waals surface area contributed by atoms with Crippen molar-refractivity contribution in [2.75, 3.05) is 19.7 Å². The van der Waals surface area contributed by atoms with Crippen LogP contribution in [0.1, 0.15) is 38.3 Å². The average molecular weight is 308 g/mol. The summed E-state index contributed by atoms with van der Waals surface area (Å²) in [6, 6.07) is 6.04. The first-order valence-corrected chi connectivity index (χ1v) is 7.91. The molecule has 1 aromatic rings. The first kappa shape index (κ1) is 16.9. The zero-order valence-corrected chi connectivity index (χ0v) is 13.3. The van der Waals surface area contributed by atoms with E-state index < -0.39 is 0 Å². The van der Waals surface area contributed by atoms with E-state index >= 15 is 0 Å². The molecule has 4 nitrogen and oxygen atoms in total. The first-order valence-electron chi connectivity index (χ1n) is 7.91. The van der Waals surface area contributed by atoms with Crippen molar-refractivity contribution in [1.29, 1.82) is 0 Å². The van der Waals surface area contributed by atoms with Crippen LogP contribution in [-0.4, -0.2) is 41.7 Å². The van der Waals surface area contributed by atoms with Crippen LogP contribution < -0.4 is 5.32 Å². The number of aliphatic hydroxyl groups excluding tert-OH is 1. The normalized spacial score (nSPS) is 24.0. The van der Waals surface area contributed by atoms with Crippen LogP contribution in [0.15, 0.2) is 24.3 Å². The van der Waals surface area contributed by atoms with Crippen LogP contribution in [-0.2, 0) is 4.79 Å². The predicted molar refractivity (Wildman–Crippen MR) is 83.8 cm³/mol. The summed E-state index contributed by atoms with van der Waals surface area (Å²) in [6.45, 7) is 5.22. The van der Waals surface area contributed by atoms with Crippen LogP contribution in [0.3, 0.4) is 0 Å². The Balaban J connectivity index is 1.90. The van der Waals surface area contributed by atoms with Crippen LogP contribution in [0.2, 0.25) is 0 Å². The Morgan fingerprint density at radius 2 is 2.14 bits per heavy atom. The molecule has 0 saturated carbocycles. The summed E-state index contributed by atoms with van der Waals surface area (Å²) >= 11 is 0. The van der Waals surface area contributed by atoms with Crippen LogP contribution in [0.5, 0.6) is 0 Å². The smallest absolute Gasteiger partial charge is 0.234 e. The molecule has 1 heterocycles. The Morgan fingerprint density at radius 3 is 2.77 bits per heavy atom. The molecule has 1 aliphatic heterocycles. The fraction of sp³-hybridized carbons (Fsp3) is 0.588. The molecule has 0 radical (unpaired) electrons. The fourth-order valence-corrected chi connectivity index (χ4v) is 3.13. The Hall–Kier alpha value is -1.46. The number of aliphatic hydroxyl groups is 1. The average Bonchev–Trinajstić information content (AvgIpc) is 2.48. The molecule has 1 fully saturated rings. The highest BCUT2D eigenvalue weighted by Crippen LogP contribution is 2.22. The van der Waals surface area contributed by atoms with Gasteiger partial charge in [-0.25, -0.2) is 4.39 Å². The lowest BCUT2D eigenvalue weighted by Crippen LogP contribution is -2.50. The van der Waals surface area contributed by atoms with Gasteiger partial charge in [-0.2, -0.15) is 0 Å². The van der Waals surface area contributed by atoms with E-state index in [9.17, 15) is 14.3 Å². The van der Waals surface area contributed by atoms with Gasteiger partial charge in [-0.3, -0.25) is 9.69 Å². The Labute approximate surface area is 131 Å². The number of likely N-dealkylation sites (tertiary alicyclic amines) is 1. The molecule has 1 saturated heterocycles. The lowest BCUT2D eigenvalue weighted by atomic mass is 9.91. The molecule has 122 valence electrons. The molecule has 3 atom stereocenters. The number of nitrogens with zero attached hydrogens (tertiary/aromatic N) is 1. The second kappa shape index (κ2) is 7.70. The summed E-state index contributed by atoms with van der Waals surface area (Å²) in [5.41, 5.74) is 0.875. The molecule has 1 amide bonds. The molecule has 0 bridgehead atoms. The van der Waals surface area contributed by atoms with Gasteiger partial charge in [-0.15, -0.1) is 0 Å². The molecule has 0 spiro atoms. The van der Waals surface area contributed by atoms with Crippen LogP contribution in [0.4, 0.5) is 4.39 Å². The van der Waals surface area contributed by atoms with Crippen molar-refractivity contribution in [3.63, 3.8) is 0 Å². The van der Waals surface area contributed by atoms with Crippen molar-refractivity contribution in [2.45, 2.75) is 38.8 Å². The maximum atomic E-state index is 12.9. The van der Waals surface area contributed by atoms with Gasteiger partial charge in [-0.1, -0.05) is 19.1 Å². The molecular weight excluding hydrogens is 283 g/mol. The van der Waals surface area contributed by atoms with Gasteiger partial charge in [0.15, 0.2) is 0 Å². The Morgan fingerprint density at radius 1 is 1.45 bits per heavy atom. The number of nitrogens with one attached hydrogen (secondary N) is 1. The number of hydrogen-bond acceptors (Lipinski definition) is 3. The topological polar surface area (TPSA) is 52.6 Å². The highest BCUT2D eigenvalue weighted by atomic mass is 19.1. The van der Waals surface area contributed by atoms with Crippen molar-refractivity contribution < 1.29 is 14.3 Å². The van der Waals surface area contributed by atoms with Gasteiger partial charge in [0.05, 0.1) is 19.2 Å². The zero-order valence-electron chi connectivity index (χ0n) is 13.3. The largest absolute Gasteiger partial charge is 0.395 e. The van der Waals surface area contributed by atoms with E-state index in [1.54, 1.807) is 12.1 Å². The van der Waals surface area contributed by atoms with E-state index in [1.807, 2.05) is 6.92 Å². The number of halogens is 1. The Bertz CT molecular complexity index is 492. The second-order valence-corrected chi connectivity index (χ2v) is 6.18. The molecule has 2 rings (SSSR count). The van der Waals surface area contributed by atoms with Crippen molar-refractivity contribution >= 4 is 5.91 Å². The van der Waals surface area contributed by atoms with E-state index in [0.717, 1.165) is 24.9 Å². The van der Waals surface area contributed by atoms with Gasteiger partial charge in [0.25, 0.3) is 0 Å². The standard InChI is InChI=1S/C17H25FN2O2/c1-12-4-3-9-20(16(12)11-21)10-17(22)19-13(2)14-5-7-15(18)8-6-14/h5-8,12-13,16,21H,3-4,9-11H2,1-2H3,(H,19,22). The van der Waals surface area contributed by atoms with E-state index in [0.29, 0.717) is 12.5 Å². The van der Waals surface area contributed by atoms with Gasteiger partial charge < -0.3 is 10.4 Å². The number of piperidine rings is 1. The number of benzene rings is 1. The predicted octanol–water partition coefficient (Wildman–Crippen LogP) is 2.10. The molecule has 0 aliphatic carbocycles. The molecular formula is C17H25FN2O2. The van der Waals surface area contributed by atoms with Gasteiger partial charge >= 0.3 is 0 Å². The maximum absolute atomic E-state index is 12.9. The summed E-state index contributed by atoms with van der Waals surface area (Å²) < 4.78 is 12.9. The minimum absolute atomic E-state index is 0.0561. The second-order valence-electron chi connectivity index (χ2n) is 6.18. The molecule has 1 aliphatic rings. The fourth-order valence-electron chi connectivity index (χ4n) is 3.13. The van der Waals surface area contributed by atoms with Gasteiger partial charge in [0.1, 0.15) is 5.82 Å². The molecule has 0 aromatic heterocycles. The Kier molecular flexibility index (Phi) is 5.91. The van der Waals surface area contributed by atoms with Crippen LogP contribution >= 0.6 is 0 Å². The van der Waals surface area contributed by atoms with Crippen LogP contribution in [0, 0.1) is 11.7 Å². The summed E-state index contributed by atoms with van der Waals surface area (Å²) in [5.74, 6) is 0.0563. The van der Waals surface area contributed by atoms with Crippen molar-refractivity contribution in [3.8, 4) is 0 Å². The minimum Gasteiger partial charge on any atom is -0.395 e.